The van der Waals surface area contributed by atoms with Gasteiger partial charge in [0.15, 0.2) is 0 Å². The summed E-state index contributed by atoms with van der Waals surface area (Å²) < 4.78 is 31.2. The Morgan fingerprint density at radius 2 is 2.00 bits per heavy atom. The van der Waals surface area contributed by atoms with Crippen molar-refractivity contribution >= 4 is 16.6 Å². The second-order valence-electron chi connectivity index (χ2n) is 7.12. The van der Waals surface area contributed by atoms with Gasteiger partial charge in [-0.15, -0.1) is 0 Å². The Morgan fingerprint density at radius 1 is 1.21 bits per heavy atom. The number of benzene rings is 2. The Kier molecular flexibility index (Phi) is 4.54. The lowest BCUT2D eigenvalue weighted by atomic mass is 9.86. The summed E-state index contributed by atoms with van der Waals surface area (Å²) in [7, 11) is 0. The normalized spacial score (nSPS) is 14.8. The number of anilines is 1. The predicted molar refractivity (Wildman–Crippen MR) is 104 cm³/mol. The van der Waals surface area contributed by atoms with Crippen molar-refractivity contribution in [2.75, 3.05) is 5.73 Å². The average molecular weight is 398 g/mol. The number of nitrogen functional groups attached to an aromatic ring is 1. The molecule has 150 valence electrons. The molecule has 0 bridgehead atoms. The first kappa shape index (κ1) is 19.0. The first-order chi connectivity index (χ1) is 13.8. The molecular weight excluding hydrogens is 378 g/mol. The molecule has 29 heavy (non-hydrogen) atoms. The van der Waals surface area contributed by atoms with Crippen LogP contribution in [0, 0.1) is 18.6 Å². The number of halogens is 2. The highest BCUT2D eigenvalue weighted by atomic mass is 19.1. The van der Waals surface area contributed by atoms with E-state index in [1.54, 1.807) is 29.8 Å². The number of rotatable bonds is 5. The van der Waals surface area contributed by atoms with Crippen LogP contribution in [0.2, 0.25) is 0 Å². The van der Waals surface area contributed by atoms with E-state index in [9.17, 15) is 13.9 Å². The molecular formula is C20H20F2N6O. The van der Waals surface area contributed by atoms with Crippen molar-refractivity contribution in [2.45, 2.75) is 32.0 Å². The first-order valence-corrected chi connectivity index (χ1v) is 9.04. The standard InChI is InChI=1S/C20H20F2N6O/c1-12-16-8-15(23)4-6-19(16)26-28(12)13(2)20(29,9-27-11-24-10-25-27)17-5-3-14(21)7-18(17)22/h3-8,10-11,13,29H,9,23H2,1-2H3/t13-,20-/m1/s1. The third kappa shape index (κ3) is 3.23. The van der Waals surface area contributed by atoms with Crippen LogP contribution < -0.4 is 5.73 Å². The van der Waals surface area contributed by atoms with E-state index in [1.807, 2.05) is 6.92 Å². The van der Waals surface area contributed by atoms with E-state index < -0.39 is 23.3 Å². The summed E-state index contributed by atoms with van der Waals surface area (Å²) >= 11 is 0. The zero-order valence-corrected chi connectivity index (χ0v) is 15.9. The summed E-state index contributed by atoms with van der Waals surface area (Å²) in [4.78, 5) is 3.88. The van der Waals surface area contributed by atoms with Crippen molar-refractivity contribution in [3.63, 3.8) is 0 Å². The van der Waals surface area contributed by atoms with E-state index in [2.05, 4.69) is 15.2 Å². The minimum absolute atomic E-state index is 0.0552. The van der Waals surface area contributed by atoms with Gasteiger partial charge in [-0.05, 0) is 38.1 Å². The fraction of sp³-hybridized carbons (Fsp3) is 0.250. The van der Waals surface area contributed by atoms with Gasteiger partial charge in [-0.25, -0.2) is 18.4 Å². The fourth-order valence-electron chi connectivity index (χ4n) is 3.67. The van der Waals surface area contributed by atoms with Crippen molar-refractivity contribution in [2.24, 2.45) is 0 Å². The summed E-state index contributed by atoms with van der Waals surface area (Å²) in [6.45, 7) is 3.47. The Bertz CT molecular complexity index is 1170. The van der Waals surface area contributed by atoms with Crippen LogP contribution in [0.25, 0.3) is 10.9 Å². The molecule has 4 aromatic rings. The molecule has 0 aliphatic rings. The van der Waals surface area contributed by atoms with Crippen molar-refractivity contribution < 1.29 is 13.9 Å². The predicted octanol–water partition coefficient (Wildman–Crippen LogP) is 2.95. The zero-order valence-electron chi connectivity index (χ0n) is 15.9. The minimum atomic E-state index is -1.79. The number of nitrogens with two attached hydrogens (primary N) is 1. The van der Waals surface area contributed by atoms with Gasteiger partial charge >= 0.3 is 0 Å². The molecule has 4 rings (SSSR count). The smallest absolute Gasteiger partial charge is 0.137 e. The number of aliphatic hydroxyl groups is 1. The second-order valence-corrected chi connectivity index (χ2v) is 7.12. The number of nitrogens with zero attached hydrogens (tertiary/aromatic N) is 5. The van der Waals surface area contributed by atoms with Crippen LogP contribution in [0.3, 0.4) is 0 Å². The Hall–Kier alpha value is -3.33. The Morgan fingerprint density at radius 3 is 2.69 bits per heavy atom. The molecule has 9 heteroatoms. The minimum Gasteiger partial charge on any atom is -0.399 e. The largest absolute Gasteiger partial charge is 0.399 e. The summed E-state index contributed by atoms with van der Waals surface area (Å²) in [5.41, 5.74) is 6.10. The number of fused-ring (bicyclic) bond motifs is 1. The highest BCUT2D eigenvalue weighted by molar-refractivity contribution is 5.84. The van der Waals surface area contributed by atoms with Crippen LogP contribution in [0.4, 0.5) is 14.5 Å². The highest BCUT2D eigenvalue weighted by Gasteiger charge is 2.41. The molecule has 2 heterocycles. The molecule has 0 amide bonds. The van der Waals surface area contributed by atoms with E-state index in [0.29, 0.717) is 11.2 Å². The number of aryl methyl sites for hydroxylation is 1. The highest BCUT2D eigenvalue weighted by Crippen LogP contribution is 2.38. The summed E-state index contributed by atoms with van der Waals surface area (Å²) in [6.07, 6.45) is 2.74. The second kappa shape index (κ2) is 6.93. The molecule has 0 spiro atoms. The molecule has 0 saturated carbocycles. The van der Waals surface area contributed by atoms with Crippen LogP contribution in [-0.4, -0.2) is 29.7 Å². The number of hydrogen-bond donors (Lipinski definition) is 2. The lowest BCUT2D eigenvalue weighted by Crippen LogP contribution is -2.41. The molecule has 7 nitrogen and oxygen atoms in total. The SMILES string of the molecule is Cc1c2cc(N)ccc2nn1[C@H](C)[C@](O)(Cn1cncn1)c1ccc(F)cc1F. The lowest BCUT2D eigenvalue weighted by Gasteiger charge is -2.35. The van der Waals surface area contributed by atoms with Crippen LogP contribution >= 0.6 is 0 Å². The maximum atomic E-state index is 14.7. The summed E-state index contributed by atoms with van der Waals surface area (Å²) in [6, 6.07) is 7.72. The quantitative estimate of drug-likeness (QED) is 0.504. The third-order valence-electron chi connectivity index (χ3n) is 5.29. The van der Waals surface area contributed by atoms with Gasteiger partial charge in [0.1, 0.15) is 29.9 Å². The van der Waals surface area contributed by atoms with Gasteiger partial charge in [-0.2, -0.15) is 10.2 Å². The molecule has 0 saturated heterocycles. The number of aromatic nitrogens is 5. The van der Waals surface area contributed by atoms with Gasteiger partial charge < -0.3 is 10.8 Å². The van der Waals surface area contributed by atoms with Crippen molar-refractivity contribution in [1.82, 2.24) is 24.5 Å². The van der Waals surface area contributed by atoms with E-state index in [1.165, 1.54) is 23.4 Å². The van der Waals surface area contributed by atoms with Crippen LogP contribution in [0.1, 0.15) is 24.2 Å². The van der Waals surface area contributed by atoms with E-state index in [4.69, 9.17) is 5.73 Å². The molecule has 2 atom stereocenters. The Balaban J connectivity index is 1.87. The van der Waals surface area contributed by atoms with Gasteiger partial charge in [0.05, 0.1) is 18.1 Å². The van der Waals surface area contributed by atoms with Crippen molar-refractivity contribution in [3.05, 3.63) is 71.9 Å². The lowest BCUT2D eigenvalue weighted by molar-refractivity contribution is -0.0372. The van der Waals surface area contributed by atoms with Gasteiger partial charge in [0.2, 0.25) is 0 Å². The van der Waals surface area contributed by atoms with E-state index >= 15 is 0 Å². The molecule has 2 aromatic heterocycles. The van der Waals surface area contributed by atoms with Gasteiger partial charge in [0.25, 0.3) is 0 Å². The molecule has 0 unspecified atom stereocenters. The van der Waals surface area contributed by atoms with Crippen LogP contribution in [0.15, 0.2) is 49.1 Å². The fourth-order valence-corrected chi connectivity index (χ4v) is 3.67. The average Bonchev–Trinajstić information content (AvgIpc) is 3.29. The molecule has 0 radical (unpaired) electrons. The van der Waals surface area contributed by atoms with Crippen LogP contribution in [0.5, 0.6) is 0 Å². The van der Waals surface area contributed by atoms with E-state index in [0.717, 1.165) is 23.2 Å². The molecule has 0 aliphatic heterocycles. The van der Waals surface area contributed by atoms with Crippen molar-refractivity contribution in [1.29, 1.82) is 0 Å². The maximum Gasteiger partial charge on any atom is 0.137 e. The molecule has 3 N–H and O–H groups in total. The first-order valence-electron chi connectivity index (χ1n) is 9.04. The summed E-state index contributed by atoms with van der Waals surface area (Å²) in [5, 5.41) is 21.2. The summed E-state index contributed by atoms with van der Waals surface area (Å²) in [5.74, 6) is -1.57. The van der Waals surface area contributed by atoms with Gasteiger partial charge in [-0.3, -0.25) is 4.68 Å². The van der Waals surface area contributed by atoms with Crippen molar-refractivity contribution in [3.8, 4) is 0 Å². The van der Waals surface area contributed by atoms with Gasteiger partial charge in [-0.1, -0.05) is 6.07 Å². The molecule has 0 fully saturated rings. The molecule has 2 aromatic carbocycles. The number of hydrogen-bond acceptors (Lipinski definition) is 5. The van der Waals surface area contributed by atoms with Gasteiger partial charge in [0, 0.05) is 28.4 Å². The zero-order chi connectivity index (χ0) is 20.8. The van der Waals surface area contributed by atoms with Crippen LogP contribution in [-0.2, 0) is 12.1 Å². The topological polar surface area (TPSA) is 94.8 Å². The third-order valence-corrected chi connectivity index (χ3v) is 5.29. The maximum absolute atomic E-state index is 14.7. The van der Waals surface area contributed by atoms with E-state index in [-0.39, 0.29) is 12.1 Å². The monoisotopic (exact) mass is 398 g/mol. The Labute approximate surface area is 165 Å². The molecule has 0 aliphatic carbocycles.